The Bertz CT molecular complexity index is 603. The number of rotatable bonds is 3. The summed E-state index contributed by atoms with van der Waals surface area (Å²) in [5.41, 5.74) is 1.32. The van der Waals surface area contributed by atoms with Crippen molar-refractivity contribution in [2.24, 2.45) is 0 Å². The van der Waals surface area contributed by atoms with Crippen LogP contribution in [0.2, 0.25) is 0 Å². The largest absolute Gasteiger partial charge is 0.476 e. The van der Waals surface area contributed by atoms with Crippen molar-refractivity contribution in [3.63, 3.8) is 0 Å². The molecule has 0 atom stereocenters. The summed E-state index contributed by atoms with van der Waals surface area (Å²) in [5, 5.41) is 17.3. The fourth-order valence-electron chi connectivity index (χ4n) is 2.79. The minimum Gasteiger partial charge on any atom is -0.476 e. The molecule has 6 heteroatoms. The molecule has 0 spiro atoms. The lowest BCUT2D eigenvalue weighted by molar-refractivity contribution is 0.0691. The number of aromatic nitrogens is 4. The summed E-state index contributed by atoms with van der Waals surface area (Å²) in [7, 11) is 0. The highest BCUT2D eigenvalue weighted by Crippen LogP contribution is 2.32. The van der Waals surface area contributed by atoms with Crippen LogP contribution in [0, 0.1) is 0 Å². The van der Waals surface area contributed by atoms with Crippen molar-refractivity contribution in [1.82, 2.24) is 20.0 Å². The van der Waals surface area contributed by atoms with E-state index < -0.39 is 5.97 Å². The van der Waals surface area contributed by atoms with E-state index in [9.17, 15) is 9.90 Å². The molecular formula is C14H16N4O2. The number of aromatic carboxylic acids is 1. The van der Waals surface area contributed by atoms with E-state index in [0.717, 1.165) is 31.2 Å². The minimum atomic E-state index is -1.05. The van der Waals surface area contributed by atoms with Crippen molar-refractivity contribution in [3.8, 4) is 11.3 Å². The molecule has 6 nitrogen and oxygen atoms in total. The SMILES string of the molecule is O=C(O)c1nnn(C2CCCCC2)c1-c1cccnc1. The molecule has 0 saturated heterocycles. The maximum absolute atomic E-state index is 11.4. The monoisotopic (exact) mass is 272 g/mol. The Balaban J connectivity index is 2.08. The van der Waals surface area contributed by atoms with E-state index in [1.807, 2.05) is 6.07 Å². The Hall–Kier alpha value is -2.24. The van der Waals surface area contributed by atoms with Gasteiger partial charge < -0.3 is 5.11 Å². The fourth-order valence-corrected chi connectivity index (χ4v) is 2.79. The number of hydrogen-bond acceptors (Lipinski definition) is 4. The maximum atomic E-state index is 11.4. The number of hydrogen-bond donors (Lipinski definition) is 1. The molecule has 104 valence electrons. The molecular weight excluding hydrogens is 256 g/mol. The van der Waals surface area contributed by atoms with Gasteiger partial charge in [0.15, 0.2) is 5.69 Å². The van der Waals surface area contributed by atoms with Gasteiger partial charge in [-0.1, -0.05) is 24.5 Å². The Labute approximate surface area is 116 Å². The maximum Gasteiger partial charge on any atom is 0.358 e. The first-order valence-electron chi connectivity index (χ1n) is 6.86. The van der Waals surface area contributed by atoms with Crippen molar-refractivity contribution < 1.29 is 9.90 Å². The van der Waals surface area contributed by atoms with Crippen LogP contribution in [-0.2, 0) is 0 Å². The summed E-state index contributed by atoms with van der Waals surface area (Å²) in [4.78, 5) is 15.4. The van der Waals surface area contributed by atoms with Gasteiger partial charge in [0, 0.05) is 18.0 Å². The fraction of sp³-hybridized carbons (Fsp3) is 0.429. The van der Waals surface area contributed by atoms with Gasteiger partial charge in [-0.3, -0.25) is 4.98 Å². The smallest absolute Gasteiger partial charge is 0.358 e. The molecule has 0 aromatic carbocycles. The second-order valence-electron chi connectivity index (χ2n) is 5.07. The van der Waals surface area contributed by atoms with E-state index in [1.165, 1.54) is 6.42 Å². The molecule has 2 aromatic heterocycles. The van der Waals surface area contributed by atoms with E-state index in [-0.39, 0.29) is 11.7 Å². The first-order valence-corrected chi connectivity index (χ1v) is 6.86. The quantitative estimate of drug-likeness (QED) is 0.928. The third-order valence-electron chi connectivity index (χ3n) is 3.75. The summed E-state index contributed by atoms with van der Waals surface area (Å²) in [5.74, 6) is -1.05. The van der Waals surface area contributed by atoms with Crippen LogP contribution in [0.25, 0.3) is 11.3 Å². The predicted octanol–water partition coefficient (Wildman–Crippen LogP) is 2.54. The lowest BCUT2D eigenvalue weighted by Gasteiger charge is -2.23. The molecule has 0 bridgehead atoms. The van der Waals surface area contributed by atoms with Crippen LogP contribution in [0.3, 0.4) is 0 Å². The topological polar surface area (TPSA) is 80.9 Å². The molecule has 1 fully saturated rings. The standard InChI is InChI=1S/C14H16N4O2/c19-14(20)12-13(10-5-4-8-15-9-10)18(17-16-12)11-6-2-1-3-7-11/h4-5,8-9,11H,1-3,6-7H2,(H,19,20). The molecule has 1 saturated carbocycles. The van der Waals surface area contributed by atoms with Gasteiger partial charge in [0.05, 0.1) is 6.04 Å². The van der Waals surface area contributed by atoms with E-state index in [0.29, 0.717) is 5.69 Å². The van der Waals surface area contributed by atoms with Gasteiger partial charge in [0.2, 0.25) is 0 Å². The summed E-state index contributed by atoms with van der Waals surface area (Å²) in [6.07, 6.45) is 8.91. The Morgan fingerprint density at radius 1 is 1.30 bits per heavy atom. The van der Waals surface area contributed by atoms with Gasteiger partial charge in [-0.25, -0.2) is 9.48 Å². The Morgan fingerprint density at radius 3 is 2.75 bits per heavy atom. The summed E-state index contributed by atoms with van der Waals surface area (Å²) >= 11 is 0. The molecule has 3 rings (SSSR count). The molecule has 0 aliphatic heterocycles. The zero-order chi connectivity index (χ0) is 13.9. The van der Waals surface area contributed by atoms with E-state index in [4.69, 9.17) is 0 Å². The second kappa shape index (κ2) is 5.40. The number of carbonyl (C=O) groups is 1. The number of nitrogens with zero attached hydrogens (tertiary/aromatic N) is 4. The average Bonchev–Trinajstić information content (AvgIpc) is 2.94. The van der Waals surface area contributed by atoms with Crippen molar-refractivity contribution >= 4 is 5.97 Å². The summed E-state index contributed by atoms with van der Waals surface area (Å²) < 4.78 is 1.78. The zero-order valence-corrected chi connectivity index (χ0v) is 11.1. The lowest BCUT2D eigenvalue weighted by atomic mass is 9.95. The van der Waals surface area contributed by atoms with Gasteiger partial charge >= 0.3 is 5.97 Å². The van der Waals surface area contributed by atoms with Crippen molar-refractivity contribution in [3.05, 3.63) is 30.2 Å². The third kappa shape index (κ3) is 2.29. The highest BCUT2D eigenvalue weighted by atomic mass is 16.4. The summed E-state index contributed by atoms with van der Waals surface area (Å²) in [6.45, 7) is 0. The summed E-state index contributed by atoms with van der Waals surface area (Å²) in [6, 6.07) is 3.87. The second-order valence-corrected chi connectivity index (χ2v) is 5.07. The van der Waals surface area contributed by atoms with Crippen molar-refractivity contribution in [2.45, 2.75) is 38.1 Å². The number of pyridine rings is 1. The lowest BCUT2D eigenvalue weighted by Crippen LogP contribution is -2.16. The van der Waals surface area contributed by atoms with Crippen molar-refractivity contribution in [2.75, 3.05) is 0 Å². The minimum absolute atomic E-state index is 0.00331. The van der Waals surface area contributed by atoms with Crippen molar-refractivity contribution in [1.29, 1.82) is 0 Å². The number of carboxylic acid groups (broad SMARTS) is 1. The van der Waals surface area contributed by atoms with Gasteiger partial charge in [0.1, 0.15) is 5.69 Å². The number of carboxylic acids is 1. The molecule has 20 heavy (non-hydrogen) atoms. The van der Waals surface area contributed by atoms with Gasteiger partial charge in [-0.05, 0) is 25.0 Å². The molecule has 2 aromatic rings. The van der Waals surface area contributed by atoms with Gasteiger partial charge in [-0.15, -0.1) is 5.10 Å². The molecule has 0 unspecified atom stereocenters. The zero-order valence-electron chi connectivity index (χ0n) is 11.1. The highest BCUT2D eigenvalue weighted by molar-refractivity contribution is 5.92. The first kappa shape index (κ1) is 12.8. The van der Waals surface area contributed by atoms with E-state index in [1.54, 1.807) is 23.1 Å². The Kier molecular flexibility index (Phi) is 3.45. The first-order chi connectivity index (χ1) is 9.77. The molecule has 0 amide bonds. The molecule has 1 aliphatic rings. The highest BCUT2D eigenvalue weighted by Gasteiger charge is 2.26. The molecule has 1 aliphatic carbocycles. The molecule has 2 heterocycles. The molecule has 0 radical (unpaired) electrons. The van der Waals surface area contributed by atoms with Gasteiger partial charge in [-0.2, -0.15) is 0 Å². The Morgan fingerprint density at radius 2 is 2.10 bits per heavy atom. The van der Waals surface area contributed by atoms with Crippen LogP contribution >= 0.6 is 0 Å². The van der Waals surface area contributed by atoms with Crippen LogP contribution in [-0.4, -0.2) is 31.1 Å². The van der Waals surface area contributed by atoms with Crippen LogP contribution in [0.15, 0.2) is 24.5 Å². The normalized spacial score (nSPS) is 16.2. The van der Waals surface area contributed by atoms with E-state index in [2.05, 4.69) is 15.3 Å². The van der Waals surface area contributed by atoms with Gasteiger partial charge in [0.25, 0.3) is 0 Å². The van der Waals surface area contributed by atoms with Crippen LogP contribution < -0.4 is 0 Å². The van der Waals surface area contributed by atoms with E-state index >= 15 is 0 Å². The predicted molar refractivity (Wildman–Crippen MR) is 72.3 cm³/mol. The van der Waals surface area contributed by atoms with Crippen LogP contribution in [0.5, 0.6) is 0 Å². The van der Waals surface area contributed by atoms with Crippen LogP contribution in [0.1, 0.15) is 48.6 Å². The third-order valence-corrected chi connectivity index (χ3v) is 3.75. The average molecular weight is 272 g/mol. The molecule has 1 N–H and O–H groups in total. The van der Waals surface area contributed by atoms with Crippen LogP contribution in [0.4, 0.5) is 0 Å².